The van der Waals surface area contributed by atoms with Crippen LogP contribution in [0.2, 0.25) is 0 Å². The lowest BCUT2D eigenvalue weighted by Gasteiger charge is -2.10. The van der Waals surface area contributed by atoms with Crippen LogP contribution in [0.4, 0.5) is 0 Å². The standard InChI is InChI=1S/C11H16N4O2/c16-10-3-2-9(14-10)11(17)13-4-1-6-15-7-5-12-8-15/h5,7-9H,1-4,6H2,(H,13,17)(H,14,16)/t9-/m1/s1. The van der Waals surface area contributed by atoms with Gasteiger partial charge in [-0.3, -0.25) is 9.59 Å². The summed E-state index contributed by atoms with van der Waals surface area (Å²) in [5.41, 5.74) is 0. The van der Waals surface area contributed by atoms with Crippen molar-refractivity contribution >= 4 is 11.8 Å². The predicted molar refractivity (Wildman–Crippen MR) is 61.0 cm³/mol. The van der Waals surface area contributed by atoms with Crippen molar-refractivity contribution in [3.63, 3.8) is 0 Å². The van der Waals surface area contributed by atoms with Gasteiger partial charge in [0.05, 0.1) is 6.33 Å². The van der Waals surface area contributed by atoms with E-state index in [-0.39, 0.29) is 17.9 Å². The van der Waals surface area contributed by atoms with Gasteiger partial charge in [-0.1, -0.05) is 0 Å². The van der Waals surface area contributed by atoms with Crippen molar-refractivity contribution < 1.29 is 9.59 Å². The van der Waals surface area contributed by atoms with Gasteiger partial charge in [0.2, 0.25) is 11.8 Å². The molecule has 1 aliphatic heterocycles. The van der Waals surface area contributed by atoms with Gasteiger partial charge in [0.15, 0.2) is 0 Å². The Morgan fingerprint density at radius 1 is 1.65 bits per heavy atom. The number of hydrogen-bond acceptors (Lipinski definition) is 3. The lowest BCUT2D eigenvalue weighted by Crippen LogP contribution is -2.42. The highest BCUT2D eigenvalue weighted by Gasteiger charge is 2.26. The molecule has 2 amide bonds. The normalized spacial score (nSPS) is 19.1. The van der Waals surface area contributed by atoms with Crippen LogP contribution in [0.1, 0.15) is 19.3 Å². The number of nitrogens with zero attached hydrogens (tertiary/aromatic N) is 2. The largest absolute Gasteiger partial charge is 0.354 e. The molecule has 2 heterocycles. The first-order chi connectivity index (χ1) is 8.25. The third kappa shape index (κ3) is 3.30. The van der Waals surface area contributed by atoms with E-state index in [0.717, 1.165) is 13.0 Å². The average molecular weight is 236 g/mol. The summed E-state index contributed by atoms with van der Waals surface area (Å²) in [7, 11) is 0. The number of amides is 2. The number of aryl methyl sites for hydroxylation is 1. The monoisotopic (exact) mass is 236 g/mol. The number of aromatic nitrogens is 2. The fourth-order valence-electron chi connectivity index (χ4n) is 1.83. The smallest absolute Gasteiger partial charge is 0.242 e. The summed E-state index contributed by atoms with van der Waals surface area (Å²) in [5.74, 6) is -0.120. The summed E-state index contributed by atoms with van der Waals surface area (Å²) >= 11 is 0. The number of carbonyl (C=O) groups excluding carboxylic acids is 2. The average Bonchev–Trinajstić information content (AvgIpc) is 2.95. The SMILES string of the molecule is O=C1CC[C@H](C(=O)NCCCn2ccnc2)N1. The van der Waals surface area contributed by atoms with E-state index in [1.807, 2.05) is 10.8 Å². The highest BCUT2D eigenvalue weighted by atomic mass is 16.2. The number of hydrogen-bond donors (Lipinski definition) is 2. The highest BCUT2D eigenvalue weighted by molar-refractivity contribution is 5.90. The molecule has 2 N–H and O–H groups in total. The zero-order valence-corrected chi connectivity index (χ0v) is 9.56. The first-order valence-electron chi connectivity index (χ1n) is 5.78. The molecule has 92 valence electrons. The van der Waals surface area contributed by atoms with Crippen molar-refractivity contribution in [1.29, 1.82) is 0 Å². The van der Waals surface area contributed by atoms with Crippen LogP contribution in [0.5, 0.6) is 0 Å². The minimum Gasteiger partial charge on any atom is -0.354 e. The van der Waals surface area contributed by atoms with Crippen LogP contribution in [-0.2, 0) is 16.1 Å². The molecular formula is C11H16N4O2. The number of imidazole rings is 1. The van der Waals surface area contributed by atoms with Gasteiger partial charge in [0.25, 0.3) is 0 Å². The maximum absolute atomic E-state index is 11.6. The molecule has 0 aromatic carbocycles. The Labute approximate surface area is 99.4 Å². The predicted octanol–water partition coefficient (Wildman–Crippen LogP) is -0.332. The van der Waals surface area contributed by atoms with Crippen LogP contribution in [0, 0.1) is 0 Å². The van der Waals surface area contributed by atoms with Gasteiger partial charge >= 0.3 is 0 Å². The van der Waals surface area contributed by atoms with Gasteiger partial charge in [-0.15, -0.1) is 0 Å². The molecule has 0 radical (unpaired) electrons. The molecule has 6 heteroatoms. The molecule has 1 saturated heterocycles. The van der Waals surface area contributed by atoms with Crippen molar-refractivity contribution in [2.45, 2.75) is 31.8 Å². The number of carbonyl (C=O) groups is 2. The van der Waals surface area contributed by atoms with Gasteiger partial charge in [-0.2, -0.15) is 0 Å². The second-order valence-corrected chi connectivity index (χ2v) is 4.10. The van der Waals surface area contributed by atoms with Gasteiger partial charge < -0.3 is 15.2 Å². The molecular weight excluding hydrogens is 220 g/mol. The molecule has 1 fully saturated rings. The van der Waals surface area contributed by atoms with E-state index in [4.69, 9.17) is 0 Å². The van der Waals surface area contributed by atoms with E-state index in [0.29, 0.717) is 19.4 Å². The lowest BCUT2D eigenvalue weighted by atomic mass is 10.2. The Balaban J connectivity index is 1.62. The Morgan fingerprint density at radius 3 is 3.18 bits per heavy atom. The van der Waals surface area contributed by atoms with Crippen molar-refractivity contribution in [2.24, 2.45) is 0 Å². The quantitative estimate of drug-likeness (QED) is 0.687. The molecule has 0 unspecified atom stereocenters. The fraction of sp³-hybridized carbons (Fsp3) is 0.545. The van der Waals surface area contributed by atoms with E-state index in [9.17, 15) is 9.59 Å². The van der Waals surface area contributed by atoms with E-state index < -0.39 is 0 Å². The van der Waals surface area contributed by atoms with Crippen molar-refractivity contribution in [3.8, 4) is 0 Å². The van der Waals surface area contributed by atoms with Crippen LogP contribution in [0.3, 0.4) is 0 Å². The van der Waals surface area contributed by atoms with Crippen LogP contribution < -0.4 is 10.6 Å². The first-order valence-corrected chi connectivity index (χ1v) is 5.78. The molecule has 1 aromatic heterocycles. The molecule has 1 atom stereocenters. The lowest BCUT2D eigenvalue weighted by molar-refractivity contribution is -0.125. The molecule has 0 aliphatic carbocycles. The summed E-state index contributed by atoms with van der Waals surface area (Å²) in [5, 5.41) is 5.46. The zero-order chi connectivity index (χ0) is 12.1. The molecule has 6 nitrogen and oxygen atoms in total. The number of nitrogens with one attached hydrogen (secondary N) is 2. The molecule has 0 spiro atoms. The maximum atomic E-state index is 11.6. The van der Waals surface area contributed by atoms with Gasteiger partial charge in [-0.25, -0.2) is 4.98 Å². The van der Waals surface area contributed by atoms with E-state index in [1.54, 1.807) is 12.5 Å². The Bertz CT molecular complexity index is 388. The van der Waals surface area contributed by atoms with Crippen molar-refractivity contribution in [2.75, 3.05) is 6.54 Å². The van der Waals surface area contributed by atoms with Crippen molar-refractivity contribution in [1.82, 2.24) is 20.2 Å². The number of rotatable bonds is 5. The first kappa shape index (κ1) is 11.6. The molecule has 0 saturated carbocycles. The molecule has 1 aliphatic rings. The zero-order valence-electron chi connectivity index (χ0n) is 9.56. The van der Waals surface area contributed by atoms with Gasteiger partial charge in [0, 0.05) is 31.9 Å². The van der Waals surface area contributed by atoms with Crippen LogP contribution in [0.25, 0.3) is 0 Å². The van der Waals surface area contributed by atoms with Crippen LogP contribution in [-0.4, -0.2) is 34.0 Å². The maximum Gasteiger partial charge on any atom is 0.242 e. The summed E-state index contributed by atoms with van der Waals surface area (Å²) in [6.07, 6.45) is 7.27. The van der Waals surface area contributed by atoms with E-state index in [1.165, 1.54) is 0 Å². The van der Waals surface area contributed by atoms with Crippen molar-refractivity contribution in [3.05, 3.63) is 18.7 Å². The molecule has 17 heavy (non-hydrogen) atoms. The highest BCUT2D eigenvalue weighted by Crippen LogP contribution is 2.05. The Hall–Kier alpha value is -1.85. The van der Waals surface area contributed by atoms with E-state index in [2.05, 4.69) is 15.6 Å². The third-order valence-corrected chi connectivity index (χ3v) is 2.76. The Morgan fingerprint density at radius 2 is 2.53 bits per heavy atom. The topological polar surface area (TPSA) is 76.0 Å². The van der Waals surface area contributed by atoms with Crippen LogP contribution >= 0.6 is 0 Å². The minimum absolute atomic E-state index is 0.0384. The van der Waals surface area contributed by atoms with Gasteiger partial charge in [-0.05, 0) is 12.8 Å². The second kappa shape index (κ2) is 5.47. The third-order valence-electron chi connectivity index (χ3n) is 2.76. The minimum atomic E-state index is -0.337. The van der Waals surface area contributed by atoms with Gasteiger partial charge in [0.1, 0.15) is 6.04 Å². The summed E-state index contributed by atoms with van der Waals surface area (Å²) in [6.45, 7) is 1.45. The van der Waals surface area contributed by atoms with Crippen LogP contribution in [0.15, 0.2) is 18.7 Å². The van der Waals surface area contributed by atoms with E-state index >= 15 is 0 Å². The Kier molecular flexibility index (Phi) is 3.74. The molecule has 2 rings (SSSR count). The fourth-order valence-corrected chi connectivity index (χ4v) is 1.83. The second-order valence-electron chi connectivity index (χ2n) is 4.10. The summed E-state index contributed by atoms with van der Waals surface area (Å²) in [6, 6.07) is -0.337. The molecule has 1 aromatic rings. The summed E-state index contributed by atoms with van der Waals surface area (Å²) < 4.78 is 1.96. The summed E-state index contributed by atoms with van der Waals surface area (Å²) in [4.78, 5) is 26.5. The molecule has 0 bridgehead atoms.